The molecular formula is C22H20F3N5O4. The minimum atomic E-state index is -4.31. The summed E-state index contributed by atoms with van der Waals surface area (Å²) in [6.45, 7) is 3.15. The lowest BCUT2D eigenvalue weighted by atomic mass is 10.1. The van der Waals surface area contributed by atoms with Gasteiger partial charge in [-0.25, -0.2) is 15.0 Å². The van der Waals surface area contributed by atoms with E-state index in [-0.39, 0.29) is 29.9 Å². The predicted molar refractivity (Wildman–Crippen MR) is 112 cm³/mol. The van der Waals surface area contributed by atoms with Gasteiger partial charge >= 0.3 is 6.18 Å². The molecule has 34 heavy (non-hydrogen) atoms. The summed E-state index contributed by atoms with van der Waals surface area (Å²) in [5.41, 5.74) is 2.20. The molecule has 0 bridgehead atoms. The summed E-state index contributed by atoms with van der Waals surface area (Å²) in [4.78, 5) is 39.0. The van der Waals surface area contributed by atoms with Crippen molar-refractivity contribution in [3.8, 4) is 5.88 Å². The largest absolute Gasteiger partial charge is 0.477 e. The van der Waals surface area contributed by atoms with Crippen LogP contribution in [0.2, 0.25) is 0 Å². The van der Waals surface area contributed by atoms with Crippen molar-refractivity contribution in [2.24, 2.45) is 0 Å². The van der Waals surface area contributed by atoms with E-state index in [9.17, 15) is 22.8 Å². The van der Waals surface area contributed by atoms with Crippen molar-refractivity contribution in [3.05, 3.63) is 65.1 Å². The van der Waals surface area contributed by atoms with Gasteiger partial charge in [0.1, 0.15) is 5.82 Å². The highest BCUT2D eigenvalue weighted by atomic mass is 19.4. The molecule has 0 spiro atoms. The number of oxazole rings is 1. The number of carbonyl (C=O) groups excluding carboxylic acids is 2. The van der Waals surface area contributed by atoms with Gasteiger partial charge in [0.25, 0.3) is 11.8 Å². The number of hydrogen-bond acceptors (Lipinski definition) is 7. The van der Waals surface area contributed by atoms with E-state index >= 15 is 0 Å². The number of alkyl halides is 3. The summed E-state index contributed by atoms with van der Waals surface area (Å²) < 4.78 is 47.2. The van der Waals surface area contributed by atoms with Gasteiger partial charge in [-0.05, 0) is 31.5 Å². The van der Waals surface area contributed by atoms with Crippen LogP contribution in [0.4, 0.5) is 19.0 Å². The molecular weight excluding hydrogens is 455 g/mol. The number of nitrogens with zero attached hydrogens (tertiary/aromatic N) is 4. The molecule has 4 rings (SSSR count). The third kappa shape index (κ3) is 4.85. The number of aromatic nitrogens is 3. The van der Waals surface area contributed by atoms with E-state index in [4.69, 9.17) is 9.15 Å². The zero-order valence-corrected chi connectivity index (χ0v) is 18.2. The van der Waals surface area contributed by atoms with Crippen molar-refractivity contribution in [2.45, 2.75) is 39.0 Å². The second kappa shape index (κ2) is 9.12. The molecule has 2 amide bonds. The van der Waals surface area contributed by atoms with E-state index in [1.807, 2.05) is 6.92 Å². The van der Waals surface area contributed by atoms with Crippen LogP contribution in [0.3, 0.4) is 0 Å². The summed E-state index contributed by atoms with van der Waals surface area (Å²) in [5.74, 6) is -0.433. The Balaban J connectivity index is 1.48. The van der Waals surface area contributed by atoms with Gasteiger partial charge in [-0.3, -0.25) is 9.59 Å². The summed E-state index contributed by atoms with van der Waals surface area (Å²) >= 11 is 0. The number of aryl methyl sites for hydroxylation is 1. The molecule has 1 aliphatic rings. The highest BCUT2D eigenvalue weighted by Gasteiger charge is 2.34. The Hall–Kier alpha value is -3.96. The third-order valence-electron chi connectivity index (χ3n) is 5.39. The van der Waals surface area contributed by atoms with Crippen LogP contribution in [0.15, 0.2) is 41.5 Å². The topological polar surface area (TPSA) is 110 Å². The Morgan fingerprint density at radius 2 is 2.12 bits per heavy atom. The second-order valence-corrected chi connectivity index (χ2v) is 7.72. The summed E-state index contributed by atoms with van der Waals surface area (Å²) in [7, 11) is 0. The zero-order valence-electron chi connectivity index (χ0n) is 18.2. The molecule has 0 saturated carbocycles. The van der Waals surface area contributed by atoms with E-state index in [2.05, 4.69) is 20.3 Å². The van der Waals surface area contributed by atoms with Crippen molar-refractivity contribution >= 4 is 17.6 Å². The number of amides is 2. The minimum Gasteiger partial charge on any atom is -0.477 e. The van der Waals surface area contributed by atoms with Crippen LogP contribution in [0.5, 0.6) is 5.88 Å². The second-order valence-electron chi connectivity index (χ2n) is 7.72. The molecule has 0 fully saturated rings. The van der Waals surface area contributed by atoms with E-state index in [0.29, 0.717) is 22.3 Å². The van der Waals surface area contributed by atoms with Crippen LogP contribution in [0.25, 0.3) is 0 Å². The molecule has 0 saturated heterocycles. The van der Waals surface area contributed by atoms with Crippen LogP contribution in [0, 0.1) is 6.92 Å². The number of carbonyl (C=O) groups is 2. The van der Waals surface area contributed by atoms with Crippen LogP contribution < -0.4 is 10.1 Å². The lowest BCUT2D eigenvalue weighted by Gasteiger charge is -2.25. The van der Waals surface area contributed by atoms with Crippen molar-refractivity contribution in [1.82, 2.24) is 19.9 Å². The molecule has 9 nitrogen and oxygen atoms in total. The Morgan fingerprint density at radius 3 is 2.79 bits per heavy atom. The SMILES string of the molecule is Cc1cc(C(C)N2Cc3c(ccnc3NC(=O)c3cnco3)C2=O)cnc1OCCC(F)(F)F. The summed E-state index contributed by atoms with van der Waals surface area (Å²) in [5, 5.41) is 2.64. The Bertz CT molecular complexity index is 1210. The number of ether oxygens (including phenoxy) is 1. The van der Waals surface area contributed by atoms with Gasteiger partial charge in [0.2, 0.25) is 11.6 Å². The molecule has 178 valence electrons. The highest BCUT2D eigenvalue weighted by molar-refractivity contribution is 6.05. The van der Waals surface area contributed by atoms with Gasteiger partial charge in [0, 0.05) is 29.1 Å². The maximum atomic E-state index is 13.1. The average Bonchev–Trinajstić information content (AvgIpc) is 3.43. The number of pyridine rings is 2. The molecule has 0 aromatic carbocycles. The predicted octanol–water partition coefficient (Wildman–Crippen LogP) is 4.07. The normalized spacial score (nSPS) is 14.1. The van der Waals surface area contributed by atoms with Gasteiger partial charge < -0.3 is 19.4 Å². The third-order valence-corrected chi connectivity index (χ3v) is 5.39. The molecule has 1 N–H and O–H groups in total. The maximum absolute atomic E-state index is 13.1. The summed E-state index contributed by atoms with van der Waals surface area (Å²) in [6, 6.07) is 2.89. The lowest BCUT2D eigenvalue weighted by Crippen LogP contribution is -2.27. The molecule has 1 atom stereocenters. The molecule has 3 aromatic rings. The molecule has 12 heteroatoms. The quantitative estimate of drug-likeness (QED) is 0.548. The van der Waals surface area contributed by atoms with Gasteiger partial charge in [-0.1, -0.05) is 0 Å². The van der Waals surface area contributed by atoms with E-state index < -0.39 is 31.2 Å². The number of fused-ring (bicyclic) bond motifs is 1. The molecule has 0 radical (unpaired) electrons. The number of rotatable bonds is 7. The fourth-order valence-electron chi connectivity index (χ4n) is 3.57. The van der Waals surface area contributed by atoms with Crippen molar-refractivity contribution in [3.63, 3.8) is 0 Å². The van der Waals surface area contributed by atoms with Crippen molar-refractivity contribution in [2.75, 3.05) is 11.9 Å². The van der Waals surface area contributed by atoms with Gasteiger partial charge in [-0.2, -0.15) is 13.2 Å². The highest BCUT2D eigenvalue weighted by Crippen LogP contribution is 2.34. The number of hydrogen-bond donors (Lipinski definition) is 1. The molecule has 4 heterocycles. The summed E-state index contributed by atoms with van der Waals surface area (Å²) in [6.07, 6.45) is -0.0791. The van der Waals surface area contributed by atoms with E-state index in [1.54, 1.807) is 24.0 Å². The minimum absolute atomic E-state index is 0.00745. The molecule has 0 aliphatic carbocycles. The smallest absolute Gasteiger partial charge is 0.392 e. The van der Waals surface area contributed by atoms with Gasteiger partial charge in [-0.15, -0.1) is 0 Å². The van der Waals surface area contributed by atoms with E-state index in [1.165, 1.54) is 18.6 Å². The first kappa shape index (κ1) is 23.2. The van der Waals surface area contributed by atoms with Gasteiger partial charge in [0.05, 0.1) is 31.8 Å². The number of nitrogens with one attached hydrogen (secondary N) is 1. The number of halogens is 3. The van der Waals surface area contributed by atoms with E-state index in [0.717, 1.165) is 6.39 Å². The Labute approximate surface area is 192 Å². The standard InChI is InChI=1S/C22H20F3N5O4/c1-12-7-14(8-28-20(12)33-6-4-22(23,24)25)13(2)30-10-16-15(21(30)32)3-5-27-18(16)29-19(31)17-9-26-11-34-17/h3,5,7-9,11,13H,4,6,10H2,1-2H3,(H,27,29,31). The average molecular weight is 475 g/mol. The lowest BCUT2D eigenvalue weighted by molar-refractivity contribution is -0.139. The van der Waals surface area contributed by atoms with Crippen LogP contribution in [0.1, 0.15) is 57.0 Å². The monoisotopic (exact) mass is 475 g/mol. The maximum Gasteiger partial charge on any atom is 0.392 e. The molecule has 3 aromatic heterocycles. The Kier molecular flexibility index (Phi) is 6.22. The van der Waals surface area contributed by atoms with Crippen LogP contribution in [-0.4, -0.2) is 44.4 Å². The van der Waals surface area contributed by atoms with Crippen LogP contribution in [-0.2, 0) is 6.54 Å². The van der Waals surface area contributed by atoms with Crippen molar-refractivity contribution < 1.29 is 31.9 Å². The van der Waals surface area contributed by atoms with Gasteiger partial charge in [0.15, 0.2) is 6.39 Å². The molecule has 1 aliphatic heterocycles. The Morgan fingerprint density at radius 1 is 1.32 bits per heavy atom. The first-order valence-corrected chi connectivity index (χ1v) is 10.3. The van der Waals surface area contributed by atoms with Crippen LogP contribution >= 0.6 is 0 Å². The molecule has 1 unspecified atom stereocenters. The fraction of sp³-hybridized carbons (Fsp3) is 0.318. The fourth-order valence-corrected chi connectivity index (χ4v) is 3.57. The first-order valence-electron chi connectivity index (χ1n) is 10.3. The number of anilines is 1. The zero-order chi connectivity index (χ0) is 24.5. The first-order chi connectivity index (χ1) is 16.1. The van der Waals surface area contributed by atoms with Crippen molar-refractivity contribution in [1.29, 1.82) is 0 Å².